The number of hydrogen-bond acceptors (Lipinski definition) is 6. The zero-order valence-electron chi connectivity index (χ0n) is 15.9. The minimum absolute atomic E-state index is 0.406. The molecule has 0 spiro atoms. The molecule has 146 valence electrons. The number of aliphatic hydroxyl groups is 1. The fourth-order valence-corrected chi connectivity index (χ4v) is 4.08. The van der Waals surface area contributed by atoms with Crippen molar-refractivity contribution in [3.05, 3.63) is 30.5 Å². The number of hydrogen-bond donors (Lipinski definition) is 2. The van der Waals surface area contributed by atoms with Gasteiger partial charge in [-0.2, -0.15) is 0 Å². The predicted octanol–water partition coefficient (Wildman–Crippen LogP) is 2.33. The Bertz CT molecular complexity index is 742. The minimum Gasteiger partial charge on any atom is -0.390 e. The van der Waals surface area contributed by atoms with Crippen LogP contribution in [0.5, 0.6) is 0 Å². The third-order valence-corrected chi connectivity index (χ3v) is 5.55. The van der Waals surface area contributed by atoms with Crippen LogP contribution >= 0.6 is 0 Å². The Morgan fingerprint density at radius 1 is 1.07 bits per heavy atom. The maximum absolute atomic E-state index is 10.4. The molecule has 0 bridgehead atoms. The molecule has 1 unspecified atom stereocenters. The molecule has 0 amide bonds. The van der Waals surface area contributed by atoms with Crippen LogP contribution in [0.3, 0.4) is 0 Å². The Morgan fingerprint density at radius 3 is 2.70 bits per heavy atom. The van der Waals surface area contributed by atoms with E-state index in [-0.39, 0.29) is 0 Å². The summed E-state index contributed by atoms with van der Waals surface area (Å²) in [6.45, 7) is 6.74. The van der Waals surface area contributed by atoms with Gasteiger partial charge in [-0.3, -0.25) is 9.88 Å². The smallest absolute Gasteiger partial charge is 0.0956 e. The molecule has 27 heavy (non-hydrogen) atoms. The van der Waals surface area contributed by atoms with Gasteiger partial charge >= 0.3 is 0 Å². The Hall–Kier alpha value is -1.89. The van der Waals surface area contributed by atoms with Crippen LogP contribution in [0, 0.1) is 0 Å². The lowest BCUT2D eigenvalue weighted by molar-refractivity contribution is 0.0171. The summed E-state index contributed by atoms with van der Waals surface area (Å²) < 4.78 is 5.37. The van der Waals surface area contributed by atoms with Gasteiger partial charge in [-0.1, -0.05) is 0 Å². The number of anilines is 2. The van der Waals surface area contributed by atoms with Crippen molar-refractivity contribution in [2.45, 2.75) is 25.4 Å². The molecule has 0 radical (unpaired) electrons. The van der Waals surface area contributed by atoms with Crippen LogP contribution < -0.4 is 10.2 Å². The van der Waals surface area contributed by atoms with Gasteiger partial charge in [0.25, 0.3) is 0 Å². The summed E-state index contributed by atoms with van der Waals surface area (Å²) in [5.41, 5.74) is 3.32. The Kier molecular flexibility index (Phi) is 6.07. The molecule has 2 aromatic rings. The normalized spacial score (nSPS) is 20.0. The number of aromatic nitrogens is 1. The minimum atomic E-state index is -0.406. The average molecular weight is 370 g/mol. The second-order valence-corrected chi connectivity index (χ2v) is 7.53. The van der Waals surface area contributed by atoms with Gasteiger partial charge in [0, 0.05) is 56.5 Å². The fourth-order valence-electron chi connectivity index (χ4n) is 4.08. The van der Waals surface area contributed by atoms with Crippen LogP contribution in [-0.4, -0.2) is 73.6 Å². The summed E-state index contributed by atoms with van der Waals surface area (Å²) in [5.74, 6) is 0. The van der Waals surface area contributed by atoms with Crippen LogP contribution in [0.15, 0.2) is 30.5 Å². The predicted molar refractivity (Wildman–Crippen MR) is 110 cm³/mol. The number of rotatable bonds is 6. The first-order valence-electron chi connectivity index (χ1n) is 10.2. The molecule has 1 atom stereocenters. The molecule has 1 aromatic carbocycles. The van der Waals surface area contributed by atoms with Gasteiger partial charge in [-0.15, -0.1) is 0 Å². The highest BCUT2D eigenvalue weighted by atomic mass is 16.5. The molecule has 3 heterocycles. The van der Waals surface area contributed by atoms with Crippen LogP contribution in [-0.2, 0) is 4.74 Å². The maximum atomic E-state index is 10.4. The van der Waals surface area contributed by atoms with Crippen molar-refractivity contribution in [2.24, 2.45) is 0 Å². The first-order valence-corrected chi connectivity index (χ1v) is 10.2. The van der Waals surface area contributed by atoms with Gasteiger partial charge in [-0.25, -0.2) is 0 Å². The molecule has 2 fully saturated rings. The van der Waals surface area contributed by atoms with Crippen LogP contribution in [0.4, 0.5) is 11.4 Å². The second kappa shape index (κ2) is 8.87. The lowest BCUT2D eigenvalue weighted by Crippen LogP contribution is -2.42. The molecule has 2 aliphatic heterocycles. The third kappa shape index (κ3) is 4.51. The van der Waals surface area contributed by atoms with E-state index in [2.05, 4.69) is 38.3 Å². The number of β-amino-alcohol motifs (C(OH)–C–C–N with tert-alkyl or cyclic N) is 1. The van der Waals surface area contributed by atoms with E-state index >= 15 is 0 Å². The van der Waals surface area contributed by atoms with Crippen LogP contribution in [0.1, 0.15) is 19.3 Å². The number of nitrogens with zero attached hydrogens (tertiary/aromatic N) is 3. The average Bonchev–Trinajstić information content (AvgIpc) is 2.73. The van der Waals surface area contributed by atoms with E-state index in [1.807, 2.05) is 12.3 Å². The molecular weight excluding hydrogens is 340 g/mol. The number of aliphatic hydroxyl groups excluding tert-OH is 1. The number of benzene rings is 1. The lowest BCUT2D eigenvalue weighted by Gasteiger charge is -2.30. The van der Waals surface area contributed by atoms with E-state index in [4.69, 9.17) is 4.74 Å². The van der Waals surface area contributed by atoms with Gasteiger partial charge in [0.1, 0.15) is 0 Å². The van der Waals surface area contributed by atoms with Crippen LogP contribution in [0.2, 0.25) is 0 Å². The largest absolute Gasteiger partial charge is 0.390 e. The van der Waals surface area contributed by atoms with E-state index < -0.39 is 6.10 Å². The van der Waals surface area contributed by atoms with Crippen molar-refractivity contribution in [1.82, 2.24) is 9.88 Å². The highest BCUT2D eigenvalue weighted by Gasteiger charge is 2.17. The number of fused-ring (bicyclic) bond motifs is 1. The van der Waals surface area contributed by atoms with Gasteiger partial charge < -0.3 is 20.1 Å². The molecule has 6 heteroatoms. The van der Waals surface area contributed by atoms with Crippen molar-refractivity contribution in [3.8, 4) is 0 Å². The van der Waals surface area contributed by atoms with E-state index in [1.165, 1.54) is 24.9 Å². The van der Waals surface area contributed by atoms with Crippen molar-refractivity contribution >= 4 is 22.3 Å². The third-order valence-electron chi connectivity index (χ3n) is 5.55. The van der Waals surface area contributed by atoms with E-state index in [0.29, 0.717) is 13.1 Å². The number of piperidine rings is 1. The molecule has 6 nitrogen and oxygen atoms in total. The quantitative estimate of drug-likeness (QED) is 0.814. The summed E-state index contributed by atoms with van der Waals surface area (Å²) in [6, 6.07) is 8.41. The first kappa shape index (κ1) is 18.5. The van der Waals surface area contributed by atoms with Gasteiger partial charge in [0.05, 0.1) is 30.5 Å². The standard InChI is InChI=1S/C21H30N4O2/c26-17(16-24-11-13-27-14-12-24)15-23-19-6-7-20(25-9-2-1-3-10-25)21-18(19)5-4-8-22-21/h4-8,17,23,26H,1-3,9-16H2. The highest BCUT2D eigenvalue weighted by Crippen LogP contribution is 2.32. The Balaban J connectivity index is 1.45. The first-order chi connectivity index (χ1) is 13.3. The van der Waals surface area contributed by atoms with Crippen LogP contribution in [0.25, 0.3) is 10.9 Å². The zero-order chi connectivity index (χ0) is 18.5. The van der Waals surface area contributed by atoms with Crippen molar-refractivity contribution in [2.75, 3.05) is 62.7 Å². The van der Waals surface area contributed by atoms with E-state index in [0.717, 1.165) is 56.0 Å². The summed E-state index contributed by atoms with van der Waals surface area (Å²) in [7, 11) is 0. The molecule has 2 aliphatic rings. The number of morpholine rings is 1. The van der Waals surface area contributed by atoms with E-state index in [9.17, 15) is 5.11 Å². The topological polar surface area (TPSA) is 60.9 Å². The Labute approximate surface area is 161 Å². The highest BCUT2D eigenvalue weighted by molar-refractivity contribution is 5.99. The molecule has 2 N–H and O–H groups in total. The molecule has 2 saturated heterocycles. The fraction of sp³-hybridized carbons (Fsp3) is 0.571. The summed E-state index contributed by atoms with van der Waals surface area (Å²) in [5, 5.41) is 15.0. The summed E-state index contributed by atoms with van der Waals surface area (Å²) >= 11 is 0. The molecule has 4 rings (SSSR count). The number of pyridine rings is 1. The SMILES string of the molecule is OC(CNc1ccc(N2CCCCC2)c2ncccc12)CN1CCOCC1. The Morgan fingerprint density at radius 2 is 1.89 bits per heavy atom. The van der Waals surface area contributed by atoms with Crippen molar-refractivity contribution in [1.29, 1.82) is 0 Å². The van der Waals surface area contributed by atoms with Crippen molar-refractivity contribution in [3.63, 3.8) is 0 Å². The molecule has 0 aliphatic carbocycles. The van der Waals surface area contributed by atoms with E-state index in [1.54, 1.807) is 0 Å². The summed E-state index contributed by atoms with van der Waals surface area (Å²) in [6.07, 6.45) is 5.29. The van der Waals surface area contributed by atoms with Gasteiger partial charge in [-0.05, 0) is 43.5 Å². The molecular formula is C21H30N4O2. The lowest BCUT2D eigenvalue weighted by atomic mass is 10.1. The monoisotopic (exact) mass is 370 g/mol. The van der Waals surface area contributed by atoms with Crippen molar-refractivity contribution < 1.29 is 9.84 Å². The zero-order valence-corrected chi connectivity index (χ0v) is 15.9. The van der Waals surface area contributed by atoms with Gasteiger partial charge in [0.15, 0.2) is 0 Å². The number of nitrogens with one attached hydrogen (secondary N) is 1. The molecule has 1 aromatic heterocycles. The number of ether oxygens (including phenoxy) is 1. The summed E-state index contributed by atoms with van der Waals surface area (Å²) in [4.78, 5) is 9.38. The molecule has 0 saturated carbocycles. The second-order valence-electron chi connectivity index (χ2n) is 7.53. The van der Waals surface area contributed by atoms with Gasteiger partial charge in [0.2, 0.25) is 0 Å². The maximum Gasteiger partial charge on any atom is 0.0956 e.